The van der Waals surface area contributed by atoms with Gasteiger partial charge >= 0.3 is 13.6 Å². The minimum absolute atomic E-state index is 0.0672. The topological polar surface area (TPSA) is 93.1 Å². The van der Waals surface area contributed by atoms with Crippen LogP contribution in [0.2, 0.25) is 10.0 Å². The summed E-state index contributed by atoms with van der Waals surface area (Å²) in [6.45, 7) is 1.21. The molecule has 9 heteroatoms. The average molecular weight is 357 g/mol. The van der Waals surface area contributed by atoms with E-state index in [2.05, 4.69) is 0 Å². The molecule has 0 aliphatic carbocycles. The summed E-state index contributed by atoms with van der Waals surface area (Å²) in [5.41, 5.74) is 0. The Morgan fingerprint density at radius 2 is 2.05 bits per heavy atom. The maximum atomic E-state index is 11.6. The zero-order valence-electron chi connectivity index (χ0n) is 11.2. The van der Waals surface area contributed by atoms with Gasteiger partial charge in [0.1, 0.15) is 5.75 Å². The molecule has 6 nitrogen and oxygen atoms in total. The summed E-state index contributed by atoms with van der Waals surface area (Å²) in [6.07, 6.45) is 0.532. The zero-order valence-corrected chi connectivity index (χ0v) is 13.6. The van der Waals surface area contributed by atoms with E-state index in [1.807, 2.05) is 0 Å². The van der Waals surface area contributed by atoms with Gasteiger partial charge in [-0.15, -0.1) is 0 Å². The quantitative estimate of drug-likeness (QED) is 0.575. The highest BCUT2D eigenvalue weighted by Gasteiger charge is 2.31. The Morgan fingerprint density at radius 3 is 2.57 bits per heavy atom. The molecule has 0 radical (unpaired) electrons. The molecule has 1 rings (SSSR count). The van der Waals surface area contributed by atoms with Crippen molar-refractivity contribution < 1.29 is 28.6 Å². The number of benzene rings is 1. The normalized spacial score (nSPS) is 12.8. The van der Waals surface area contributed by atoms with Gasteiger partial charge in [0, 0.05) is 5.02 Å². The maximum Gasteiger partial charge on any atom is 0.365 e. The van der Waals surface area contributed by atoms with Crippen molar-refractivity contribution >= 4 is 36.8 Å². The van der Waals surface area contributed by atoms with Crippen molar-refractivity contribution in [2.45, 2.75) is 25.6 Å². The number of hydrogen-bond donors (Lipinski definition) is 2. The molecule has 0 amide bonds. The number of halogens is 2. The fourth-order valence-corrected chi connectivity index (χ4v) is 2.77. The Bertz CT molecular complexity index is 545. The van der Waals surface area contributed by atoms with Crippen LogP contribution in [-0.2, 0) is 14.1 Å². The van der Waals surface area contributed by atoms with E-state index >= 15 is 0 Å². The van der Waals surface area contributed by atoms with E-state index in [1.54, 1.807) is 6.92 Å². The van der Waals surface area contributed by atoms with E-state index < -0.39 is 26.0 Å². The van der Waals surface area contributed by atoms with Gasteiger partial charge in [0.15, 0.2) is 6.61 Å². The maximum absolute atomic E-state index is 11.6. The standard InChI is InChI=1S/C12H15Cl2O6P/c1-2-3-12(21(16,17)18)20-11(15)7-19-10-5-4-8(13)6-9(10)14/h4-6,12H,2-3,7H2,1H3,(H2,16,17,18). The van der Waals surface area contributed by atoms with E-state index in [9.17, 15) is 9.36 Å². The molecule has 0 aromatic heterocycles. The van der Waals surface area contributed by atoms with Crippen molar-refractivity contribution in [3.05, 3.63) is 28.2 Å². The predicted molar refractivity (Wildman–Crippen MR) is 78.8 cm³/mol. The Hall–Kier alpha value is -0.780. The molecule has 0 bridgehead atoms. The lowest BCUT2D eigenvalue weighted by molar-refractivity contribution is -0.148. The second-order valence-corrected chi connectivity index (χ2v) is 6.78. The average Bonchev–Trinajstić information content (AvgIpc) is 2.36. The van der Waals surface area contributed by atoms with E-state index in [4.69, 9.17) is 42.5 Å². The van der Waals surface area contributed by atoms with Crippen LogP contribution >= 0.6 is 30.8 Å². The van der Waals surface area contributed by atoms with Crippen LogP contribution in [0, 0.1) is 0 Å². The molecule has 0 saturated heterocycles. The van der Waals surface area contributed by atoms with Crippen LogP contribution in [0.25, 0.3) is 0 Å². The van der Waals surface area contributed by atoms with E-state index in [0.717, 1.165) is 0 Å². The first-order valence-electron chi connectivity index (χ1n) is 6.06. The van der Waals surface area contributed by atoms with Crippen molar-refractivity contribution in [1.82, 2.24) is 0 Å². The molecule has 1 aromatic rings. The number of carbonyl (C=O) groups is 1. The van der Waals surface area contributed by atoms with Gasteiger partial charge in [-0.1, -0.05) is 36.5 Å². The van der Waals surface area contributed by atoms with Crippen LogP contribution in [0.15, 0.2) is 18.2 Å². The first kappa shape index (κ1) is 18.3. The van der Waals surface area contributed by atoms with Crippen molar-refractivity contribution in [1.29, 1.82) is 0 Å². The molecule has 118 valence electrons. The molecule has 0 fully saturated rings. The molecule has 0 aliphatic heterocycles. The summed E-state index contributed by atoms with van der Waals surface area (Å²) in [4.78, 5) is 29.7. The van der Waals surface area contributed by atoms with Gasteiger partial charge in [-0.05, 0) is 24.6 Å². The van der Waals surface area contributed by atoms with Crippen molar-refractivity contribution in [2.75, 3.05) is 6.61 Å². The van der Waals surface area contributed by atoms with Gasteiger partial charge < -0.3 is 19.3 Å². The van der Waals surface area contributed by atoms with E-state index in [1.165, 1.54) is 18.2 Å². The van der Waals surface area contributed by atoms with Gasteiger partial charge in [-0.25, -0.2) is 4.79 Å². The van der Waals surface area contributed by atoms with Gasteiger partial charge in [-0.2, -0.15) is 0 Å². The summed E-state index contributed by atoms with van der Waals surface area (Å²) in [5.74, 6) is -2.12. The molecule has 0 aliphatic rings. The molecular formula is C12H15Cl2O6P. The summed E-state index contributed by atoms with van der Waals surface area (Å²) in [5, 5.41) is 0.634. The fraction of sp³-hybridized carbons (Fsp3) is 0.417. The summed E-state index contributed by atoms with van der Waals surface area (Å²) in [6, 6.07) is 4.45. The molecule has 21 heavy (non-hydrogen) atoms. The first-order chi connectivity index (χ1) is 9.74. The predicted octanol–water partition coefficient (Wildman–Crippen LogP) is 3.22. The lowest BCUT2D eigenvalue weighted by Gasteiger charge is -2.18. The number of rotatable bonds is 7. The van der Waals surface area contributed by atoms with Crippen LogP contribution in [-0.4, -0.2) is 28.2 Å². The highest BCUT2D eigenvalue weighted by molar-refractivity contribution is 7.52. The third-order valence-corrected chi connectivity index (χ3v) is 4.06. The largest absolute Gasteiger partial charge is 0.480 e. The summed E-state index contributed by atoms with van der Waals surface area (Å²) in [7, 11) is -4.50. The molecule has 0 heterocycles. The fourth-order valence-electron chi connectivity index (χ4n) is 1.46. The number of esters is 1. The monoisotopic (exact) mass is 356 g/mol. The highest BCUT2D eigenvalue weighted by Crippen LogP contribution is 2.44. The second-order valence-electron chi connectivity index (χ2n) is 4.19. The van der Waals surface area contributed by atoms with Crippen LogP contribution < -0.4 is 4.74 Å². The van der Waals surface area contributed by atoms with Crippen LogP contribution in [0.3, 0.4) is 0 Å². The lowest BCUT2D eigenvalue weighted by Crippen LogP contribution is -2.23. The minimum Gasteiger partial charge on any atom is -0.480 e. The SMILES string of the molecule is CCCC(OC(=O)COc1ccc(Cl)cc1Cl)P(=O)(O)O. The molecule has 1 unspecified atom stereocenters. The van der Waals surface area contributed by atoms with Gasteiger partial charge in [0.05, 0.1) is 5.02 Å². The van der Waals surface area contributed by atoms with Crippen molar-refractivity contribution in [3.63, 3.8) is 0 Å². The Morgan fingerprint density at radius 1 is 1.38 bits per heavy atom. The molecular weight excluding hydrogens is 342 g/mol. The summed E-state index contributed by atoms with van der Waals surface area (Å²) < 4.78 is 21.0. The Balaban J connectivity index is 2.59. The Kier molecular flexibility index (Phi) is 6.97. The second kappa shape index (κ2) is 8.01. The molecule has 0 saturated carbocycles. The van der Waals surface area contributed by atoms with Crippen LogP contribution in [0.1, 0.15) is 19.8 Å². The molecule has 1 atom stereocenters. The van der Waals surface area contributed by atoms with Gasteiger partial charge in [0.25, 0.3) is 0 Å². The molecule has 1 aromatic carbocycles. The Labute approximate surface area is 132 Å². The minimum atomic E-state index is -4.50. The highest BCUT2D eigenvalue weighted by atomic mass is 35.5. The van der Waals surface area contributed by atoms with Crippen LogP contribution in [0.4, 0.5) is 0 Å². The van der Waals surface area contributed by atoms with E-state index in [-0.39, 0.29) is 17.2 Å². The van der Waals surface area contributed by atoms with Gasteiger partial charge in [-0.3, -0.25) is 4.57 Å². The van der Waals surface area contributed by atoms with Crippen LogP contribution in [0.5, 0.6) is 5.75 Å². The number of ether oxygens (including phenoxy) is 2. The third-order valence-electron chi connectivity index (χ3n) is 2.42. The smallest absolute Gasteiger partial charge is 0.365 e. The lowest BCUT2D eigenvalue weighted by atomic mass is 10.3. The first-order valence-corrected chi connectivity index (χ1v) is 8.50. The number of carbonyl (C=O) groups excluding carboxylic acids is 1. The van der Waals surface area contributed by atoms with Gasteiger partial charge in [0.2, 0.25) is 5.85 Å². The summed E-state index contributed by atoms with van der Waals surface area (Å²) >= 11 is 11.6. The van der Waals surface area contributed by atoms with Crippen molar-refractivity contribution in [2.24, 2.45) is 0 Å². The number of hydrogen-bond acceptors (Lipinski definition) is 4. The zero-order chi connectivity index (χ0) is 16.0. The van der Waals surface area contributed by atoms with E-state index in [0.29, 0.717) is 11.4 Å². The third kappa shape index (κ3) is 6.24. The molecule has 0 spiro atoms. The van der Waals surface area contributed by atoms with Crippen molar-refractivity contribution in [3.8, 4) is 5.75 Å². The molecule has 2 N–H and O–H groups in total.